The predicted molar refractivity (Wildman–Crippen MR) is 74.6 cm³/mol. The van der Waals surface area contributed by atoms with Crippen LogP contribution in [0, 0.1) is 0 Å². The first-order chi connectivity index (χ1) is 7.33. The molecule has 0 spiro atoms. The smallest absolute Gasteiger partial charge is 0.0190 e. The van der Waals surface area contributed by atoms with Crippen LogP contribution in [0.4, 0.5) is 0 Å². The van der Waals surface area contributed by atoms with Crippen molar-refractivity contribution in [1.82, 2.24) is 0 Å². The van der Waals surface area contributed by atoms with Crippen LogP contribution in [0.25, 0.3) is 0 Å². The molecule has 0 N–H and O–H groups in total. The van der Waals surface area contributed by atoms with Crippen LogP contribution in [0.2, 0.25) is 0 Å². The van der Waals surface area contributed by atoms with E-state index < -0.39 is 0 Å². The SMILES string of the molecule is C/C=C\CC(C)Pc1ccccc1.CC. The first-order valence-electron chi connectivity index (χ1n) is 5.75. The van der Waals surface area contributed by atoms with Crippen molar-refractivity contribution in [2.45, 2.75) is 39.8 Å². The molecule has 0 fully saturated rings. The molecule has 0 aliphatic heterocycles. The molecular weight excluding hydrogens is 199 g/mol. The fourth-order valence-corrected chi connectivity index (χ4v) is 2.43. The van der Waals surface area contributed by atoms with Gasteiger partial charge in [-0.3, -0.25) is 0 Å². The zero-order chi connectivity index (χ0) is 11.5. The van der Waals surface area contributed by atoms with Crippen LogP contribution in [0.15, 0.2) is 42.5 Å². The Morgan fingerprint density at radius 1 is 1.20 bits per heavy atom. The van der Waals surface area contributed by atoms with Gasteiger partial charge in [0.15, 0.2) is 0 Å². The van der Waals surface area contributed by atoms with Gasteiger partial charge in [-0.2, -0.15) is 0 Å². The molecule has 0 amide bonds. The van der Waals surface area contributed by atoms with Crippen LogP contribution in [0.3, 0.4) is 0 Å². The zero-order valence-corrected chi connectivity index (χ0v) is 11.3. The summed E-state index contributed by atoms with van der Waals surface area (Å²) in [6.07, 6.45) is 5.58. The molecule has 2 atom stereocenters. The molecule has 1 aromatic rings. The van der Waals surface area contributed by atoms with Gasteiger partial charge in [-0.15, -0.1) is 0 Å². The lowest BCUT2D eigenvalue weighted by atomic mass is 10.3. The lowest BCUT2D eigenvalue weighted by Gasteiger charge is -2.08. The first kappa shape index (κ1) is 14.4. The van der Waals surface area contributed by atoms with Gasteiger partial charge >= 0.3 is 0 Å². The van der Waals surface area contributed by atoms with E-state index in [1.165, 1.54) is 11.7 Å². The van der Waals surface area contributed by atoms with Crippen molar-refractivity contribution >= 4 is 13.9 Å². The normalized spacial score (nSPS) is 12.8. The van der Waals surface area contributed by atoms with Crippen molar-refractivity contribution in [3.63, 3.8) is 0 Å². The average molecular weight is 222 g/mol. The second-order valence-electron chi connectivity index (χ2n) is 3.22. The summed E-state index contributed by atoms with van der Waals surface area (Å²) in [6, 6.07) is 10.7. The van der Waals surface area contributed by atoms with E-state index in [-0.39, 0.29) is 0 Å². The van der Waals surface area contributed by atoms with Crippen molar-refractivity contribution in [1.29, 1.82) is 0 Å². The fraction of sp³-hybridized carbons (Fsp3) is 0.429. The average Bonchev–Trinajstić information content (AvgIpc) is 2.30. The molecule has 1 aromatic carbocycles. The van der Waals surface area contributed by atoms with Gasteiger partial charge in [0.05, 0.1) is 0 Å². The van der Waals surface area contributed by atoms with Crippen LogP contribution >= 0.6 is 8.58 Å². The number of benzene rings is 1. The molecule has 0 aliphatic rings. The first-order valence-corrected chi connectivity index (χ1v) is 6.83. The van der Waals surface area contributed by atoms with Gasteiger partial charge in [0.1, 0.15) is 0 Å². The molecule has 0 heterocycles. The van der Waals surface area contributed by atoms with E-state index in [1.54, 1.807) is 0 Å². The summed E-state index contributed by atoms with van der Waals surface area (Å²) in [5.41, 5.74) is 0.776. The van der Waals surface area contributed by atoms with Crippen LogP contribution in [-0.4, -0.2) is 5.66 Å². The number of allylic oxidation sites excluding steroid dienone is 2. The molecule has 0 aromatic heterocycles. The molecule has 1 rings (SSSR count). The Morgan fingerprint density at radius 2 is 1.80 bits per heavy atom. The summed E-state index contributed by atoms with van der Waals surface area (Å²) in [5.74, 6) is 0. The number of rotatable bonds is 4. The van der Waals surface area contributed by atoms with E-state index in [4.69, 9.17) is 0 Å². The molecule has 1 heteroatoms. The lowest BCUT2D eigenvalue weighted by molar-refractivity contribution is 0.976. The Kier molecular flexibility index (Phi) is 9.52. The van der Waals surface area contributed by atoms with E-state index >= 15 is 0 Å². The lowest BCUT2D eigenvalue weighted by Crippen LogP contribution is -2.00. The Morgan fingerprint density at radius 3 is 2.33 bits per heavy atom. The van der Waals surface area contributed by atoms with Gasteiger partial charge in [-0.25, -0.2) is 0 Å². The Bertz CT molecular complexity index is 251. The minimum absolute atomic E-state index is 0.776. The van der Waals surface area contributed by atoms with E-state index in [0.29, 0.717) is 0 Å². The fourth-order valence-electron chi connectivity index (χ4n) is 1.22. The molecular formula is C14H23P. The number of hydrogen-bond donors (Lipinski definition) is 0. The maximum absolute atomic E-state index is 2.31. The highest BCUT2D eigenvalue weighted by molar-refractivity contribution is 7.47. The maximum atomic E-state index is 2.31. The van der Waals surface area contributed by atoms with Gasteiger partial charge < -0.3 is 0 Å². The zero-order valence-electron chi connectivity index (χ0n) is 10.3. The van der Waals surface area contributed by atoms with Crippen molar-refractivity contribution in [3.8, 4) is 0 Å². The third-order valence-electron chi connectivity index (χ3n) is 1.91. The van der Waals surface area contributed by atoms with E-state index in [0.717, 1.165) is 14.2 Å². The van der Waals surface area contributed by atoms with E-state index in [9.17, 15) is 0 Å². The Hall–Kier alpha value is -0.610. The molecule has 0 saturated carbocycles. The summed E-state index contributed by atoms with van der Waals surface area (Å²) in [7, 11) is 0.937. The molecule has 2 unspecified atom stereocenters. The second kappa shape index (κ2) is 9.93. The summed E-state index contributed by atoms with van der Waals surface area (Å²) in [6.45, 7) is 8.39. The quantitative estimate of drug-likeness (QED) is 0.524. The summed E-state index contributed by atoms with van der Waals surface area (Å²) < 4.78 is 0. The molecule has 0 saturated heterocycles. The van der Waals surface area contributed by atoms with Crippen LogP contribution in [0.5, 0.6) is 0 Å². The predicted octanol–water partition coefficient (Wildman–Crippen LogP) is 4.37. The molecule has 0 nitrogen and oxygen atoms in total. The Labute approximate surface area is 96.6 Å². The highest BCUT2D eigenvalue weighted by atomic mass is 31.1. The highest BCUT2D eigenvalue weighted by Gasteiger charge is 1.99. The van der Waals surface area contributed by atoms with Gasteiger partial charge in [0.2, 0.25) is 0 Å². The van der Waals surface area contributed by atoms with Crippen molar-refractivity contribution in [2.75, 3.05) is 0 Å². The minimum atomic E-state index is 0.776. The van der Waals surface area contributed by atoms with Crippen LogP contribution in [0.1, 0.15) is 34.1 Å². The highest BCUT2D eigenvalue weighted by Crippen LogP contribution is 2.20. The molecule has 0 aliphatic carbocycles. The van der Waals surface area contributed by atoms with Crippen LogP contribution in [-0.2, 0) is 0 Å². The minimum Gasteiger partial charge on any atom is -0.0916 e. The summed E-state index contributed by atoms with van der Waals surface area (Å²) in [5, 5.41) is 1.47. The van der Waals surface area contributed by atoms with Crippen molar-refractivity contribution < 1.29 is 0 Å². The van der Waals surface area contributed by atoms with Crippen LogP contribution < -0.4 is 5.30 Å². The molecule has 0 radical (unpaired) electrons. The molecule has 84 valence electrons. The monoisotopic (exact) mass is 222 g/mol. The van der Waals surface area contributed by atoms with Crippen molar-refractivity contribution in [2.24, 2.45) is 0 Å². The molecule has 15 heavy (non-hydrogen) atoms. The van der Waals surface area contributed by atoms with Gasteiger partial charge in [-0.1, -0.05) is 71.8 Å². The van der Waals surface area contributed by atoms with Gasteiger partial charge in [-0.05, 0) is 24.3 Å². The van der Waals surface area contributed by atoms with E-state index in [2.05, 4.69) is 56.3 Å². The largest absolute Gasteiger partial charge is 0.0916 e. The second-order valence-corrected chi connectivity index (χ2v) is 5.07. The third kappa shape index (κ3) is 7.33. The number of hydrogen-bond acceptors (Lipinski definition) is 0. The topological polar surface area (TPSA) is 0 Å². The summed E-state index contributed by atoms with van der Waals surface area (Å²) in [4.78, 5) is 0. The van der Waals surface area contributed by atoms with Gasteiger partial charge in [0, 0.05) is 0 Å². The maximum Gasteiger partial charge on any atom is -0.0190 e. The van der Waals surface area contributed by atoms with Gasteiger partial charge in [0.25, 0.3) is 0 Å². The molecule has 0 bridgehead atoms. The standard InChI is InChI=1S/C12H17P.C2H6/c1-3-4-8-11(2)13-12-9-6-5-7-10-12;1-2/h3-7,9-11,13H,8H2,1-2H3;1-2H3/b4-3-;. The Balaban J connectivity index is 0.000000921. The van der Waals surface area contributed by atoms with Crippen molar-refractivity contribution in [3.05, 3.63) is 42.5 Å². The third-order valence-corrected chi connectivity index (χ3v) is 3.31. The summed E-state index contributed by atoms with van der Waals surface area (Å²) >= 11 is 0. The van der Waals surface area contributed by atoms with E-state index in [1.807, 2.05) is 13.8 Å².